The number of rotatable bonds is 22. The molecular formula is C54H56O12. The van der Waals surface area contributed by atoms with Gasteiger partial charge in [-0.2, -0.15) is 0 Å². The molecular weight excluding hydrogens is 841 g/mol. The summed E-state index contributed by atoms with van der Waals surface area (Å²) >= 11 is 0. The lowest BCUT2D eigenvalue weighted by Crippen LogP contribution is -2.14. The zero-order chi connectivity index (χ0) is 46.7. The van der Waals surface area contributed by atoms with E-state index >= 15 is 0 Å². The first-order valence-corrected chi connectivity index (χ1v) is 22.8. The Morgan fingerprint density at radius 1 is 0.364 bits per heavy atom. The fourth-order valence-electron chi connectivity index (χ4n) is 7.95. The summed E-state index contributed by atoms with van der Waals surface area (Å²) in [4.78, 5) is 57.4. The van der Waals surface area contributed by atoms with E-state index in [-0.39, 0.29) is 71.0 Å². The molecule has 0 aliphatic rings. The number of carbonyl (C=O) groups is 4. The third kappa shape index (κ3) is 9.78. The van der Waals surface area contributed by atoms with Crippen LogP contribution in [0.3, 0.4) is 0 Å². The van der Waals surface area contributed by atoms with Crippen molar-refractivity contribution >= 4 is 67.0 Å². The van der Waals surface area contributed by atoms with Crippen LogP contribution in [0.2, 0.25) is 0 Å². The molecule has 0 heterocycles. The quantitative estimate of drug-likeness (QED) is 0.0210. The first-order valence-electron chi connectivity index (χ1n) is 22.8. The molecule has 0 fully saturated rings. The Labute approximate surface area is 384 Å². The number of methoxy groups -OCH3 is 2. The maximum atomic E-state index is 14.5. The van der Waals surface area contributed by atoms with E-state index in [1.54, 1.807) is 99.1 Å². The van der Waals surface area contributed by atoms with E-state index in [0.29, 0.717) is 81.0 Å². The minimum Gasteiger partial charge on any atom is -0.497 e. The zero-order valence-electron chi connectivity index (χ0n) is 38.5. The molecule has 0 amide bonds. The van der Waals surface area contributed by atoms with Gasteiger partial charge in [0.15, 0.2) is 0 Å². The van der Waals surface area contributed by atoms with Gasteiger partial charge in [0.05, 0.1) is 62.9 Å². The van der Waals surface area contributed by atoms with Gasteiger partial charge in [-0.1, -0.05) is 65.5 Å². The van der Waals surface area contributed by atoms with Crippen LogP contribution in [-0.2, 0) is 18.9 Å². The van der Waals surface area contributed by atoms with Crippen molar-refractivity contribution in [3.8, 4) is 34.5 Å². The van der Waals surface area contributed by atoms with Gasteiger partial charge in [0.25, 0.3) is 0 Å². The van der Waals surface area contributed by atoms with E-state index < -0.39 is 23.9 Å². The van der Waals surface area contributed by atoms with Crippen LogP contribution in [0.4, 0.5) is 0 Å². The van der Waals surface area contributed by atoms with Crippen molar-refractivity contribution in [3.63, 3.8) is 0 Å². The van der Waals surface area contributed by atoms with Crippen molar-refractivity contribution in [2.75, 3.05) is 40.6 Å². The van der Waals surface area contributed by atoms with Gasteiger partial charge in [0.1, 0.15) is 34.5 Å². The van der Waals surface area contributed by atoms with Crippen LogP contribution in [0, 0.1) is 0 Å². The Kier molecular flexibility index (Phi) is 15.4. The van der Waals surface area contributed by atoms with Gasteiger partial charge in [0.2, 0.25) is 0 Å². The minimum atomic E-state index is -0.657. The fraction of sp³-hybridized carbons (Fsp3) is 0.333. The summed E-state index contributed by atoms with van der Waals surface area (Å²) in [5, 5.41) is 3.53. The molecule has 66 heavy (non-hydrogen) atoms. The molecule has 0 N–H and O–H groups in total. The molecule has 0 unspecified atom stereocenters. The maximum Gasteiger partial charge on any atom is 0.338 e. The van der Waals surface area contributed by atoms with Gasteiger partial charge in [-0.3, -0.25) is 0 Å². The largest absolute Gasteiger partial charge is 0.497 e. The first kappa shape index (κ1) is 46.9. The lowest BCUT2D eigenvalue weighted by Gasteiger charge is -2.24. The second-order valence-corrected chi connectivity index (χ2v) is 15.9. The number of ether oxygens (including phenoxy) is 8. The van der Waals surface area contributed by atoms with E-state index in [0.717, 1.165) is 25.7 Å². The van der Waals surface area contributed by atoms with Crippen LogP contribution in [0.15, 0.2) is 84.9 Å². The number of fused-ring (bicyclic) bond motifs is 2. The van der Waals surface area contributed by atoms with Crippen molar-refractivity contribution < 1.29 is 57.1 Å². The Hall–Kier alpha value is -7.08. The Morgan fingerprint density at radius 3 is 0.970 bits per heavy atom. The number of esters is 4. The van der Waals surface area contributed by atoms with Gasteiger partial charge in [-0.25, -0.2) is 19.2 Å². The third-order valence-electron chi connectivity index (χ3n) is 11.4. The maximum absolute atomic E-state index is 14.5. The molecule has 7 rings (SSSR count). The molecule has 12 heteroatoms. The second-order valence-electron chi connectivity index (χ2n) is 15.9. The van der Waals surface area contributed by atoms with Gasteiger partial charge >= 0.3 is 23.9 Å². The first-order chi connectivity index (χ1) is 32.2. The SMILES string of the molecule is CCCCOC(=O)c1ccc2c3c(Oc4ccc(OC)cc4)cc(C(=O)OCCCC)c4c(C(=O)OCCCC)ccc(c5c(Oc6ccc(OC)cc6)cc(C(=O)OCCCC)c1c25)c43. The van der Waals surface area contributed by atoms with Crippen LogP contribution >= 0.6 is 0 Å². The van der Waals surface area contributed by atoms with Crippen LogP contribution in [-0.4, -0.2) is 64.5 Å². The van der Waals surface area contributed by atoms with E-state index in [1.807, 2.05) is 27.7 Å². The number of carbonyl (C=O) groups excluding carboxylic acids is 4. The molecule has 0 bridgehead atoms. The predicted molar refractivity (Wildman–Crippen MR) is 255 cm³/mol. The topological polar surface area (TPSA) is 142 Å². The molecule has 0 aromatic heterocycles. The summed E-state index contributed by atoms with van der Waals surface area (Å²) in [6.07, 6.45) is 5.73. The minimum absolute atomic E-state index is 0.0854. The highest BCUT2D eigenvalue weighted by molar-refractivity contribution is 6.40. The molecule has 0 aliphatic carbocycles. The molecule has 0 saturated heterocycles. The van der Waals surface area contributed by atoms with E-state index in [2.05, 4.69) is 0 Å². The Bertz CT molecular complexity index is 2650. The average molecular weight is 897 g/mol. The summed E-state index contributed by atoms with van der Waals surface area (Å²) in [6, 6.07) is 24.0. The number of unbranched alkanes of at least 4 members (excludes halogenated alkanes) is 4. The van der Waals surface area contributed by atoms with E-state index in [9.17, 15) is 19.2 Å². The zero-order valence-corrected chi connectivity index (χ0v) is 38.5. The molecule has 0 saturated carbocycles. The highest BCUT2D eigenvalue weighted by Crippen LogP contribution is 2.52. The van der Waals surface area contributed by atoms with Crippen LogP contribution in [0.1, 0.15) is 120 Å². The van der Waals surface area contributed by atoms with Crippen LogP contribution < -0.4 is 18.9 Å². The molecule has 344 valence electrons. The highest BCUT2D eigenvalue weighted by Gasteiger charge is 2.32. The molecule has 0 radical (unpaired) electrons. The monoisotopic (exact) mass is 896 g/mol. The van der Waals surface area contributed by atoms with Gasteiger partial charge < -0.3 is 37.9 Å². The number of hydrogen-bond donors (Lipinski definition) is 0. The Morgan fingerprint density at radius 2 is 0.667 bits per heavy atom. The van der Waals surface area contributed by atoms with Crippen molar-refractivity contribution in [1.29, 1.82) is 0 Å². The second kappa shape index (κ2) is 21.7. The van der Waals surface area contributed by atoms with Crippen molar-refractivity contribution in [1.82, 2.24) is 0 Å². The number of benzene rings is 7. The smallest absolute Gasteiger partial charge is 0.338 e. The lowest BCUT2D eigenvalue weighted by molar-refractivity contribution is 0.0484. The lowest BCUT2D eigenvalue weighted by atomic mass is 9.83. The van der Waals surface area contributed by atoms with Gasteiger partial charge in [0, 0.05) is 32.3 Å². The fourth-order valence-corrected chi connectivity index (χ4v) is 7.95. The van der Waals surface area contributed by atoms with Crippen molar-refractivity contribution in [2.45, 2.75) is 79.1 Å². The van der Waals surface area contributed by atoms with E-state index in [4.69, 9.17) is 37.9 Å². The molecule has 12 nitrogen and oxygen atoms in total. The van der Waals surface area contributed by atoms with Crippen LogP contribution in [0.25, 0.3) is 43.1 Å². The molecule has 7 aromatic carbocycles. The molecule has 0 spiro atoms. The summed E-state index contributed by atoms with van der Waals surface area (Å²) in [5.41, 5.74) is 0.465. The summed E-state index contributed by atoms with van der Waals surface area (Å²) in [6.45, 7) is 8.66. The van der Waals surface area contributed by atoms with Crippen LogP contribution in [0.5, 0.6) is 34.5 Å². The summed E-state index contributed by atoms with van der Waals surface area (Å²) in [7, 11) is 3.14. The van der Waals surface area contributed by atoms with E-state index in [1.165, 1.54) is 0 Å². The van der Waals surface area contributed by atoms with Crippen molar-refractivity contribution in [3.05, 3.63) is 107 Å². The summed E-state index contributed by atoms with van der Waals surface area (Å²) in [5.74, 6) is -0.0104. The normalized spacial score (nSPS) is 11.2. The highest BCUT2D eigenvalue weighted by atomic mass is 16.5. The summed E-state index contributed by atoms with van der Waals surface area (Å²) < 4.78 is 47.8. The Balaban J connectivity index is 1.68. The van der Waals surface area contributed by atoms with Crippen molar-refractivity contribution in [2.24, 2.45) is 0 Å². The van der Waals surface area contributed by atoms with Gasteiger partial charge in [-0.15, -0.1) is 0 Å². The third-order valence-corrected chi connectivity index (χ3v) is 11.4. The standard InChI is InChI=1S/C54H56O12/c1-7-11-27-61-51(55)39-25-23-37-48-44(66-36-21-17-34(60-6)18-22-36)32-42(54(58)64-30-14-10-4)46-40(52(56)62-28-12-8-2)26-24-38(50(46)48)47-43(65-35-19-15-33(59-5)16-20-35)31-41(45(39)49(37)47)53(57)63-29-13-9-3/h15-26,31-32H,7-14,27-30H2,1-6H3. The number of hydrogen-bond acceptors (Lipinski definition) is 12. The average Bonchev–Trinajstić information content (AvgIpc) is 3.33. The molecule has 0 aliphatic heterocycles. The molecule has 7 aromatic rings. The molecule has 0 atom stereocenters. The van der Waals surface area contributed by atoms with Gasteiger partial charge in [-0.05, 0) is 109 Å². The predicted octanol–water partition coefficient (Wildman–Crippen LogP) is 13.2.